The lowest BCUT2D eigenvalue weighted by Gasteiger charge is -2.22. The van der Waals surface area contributed by atoms with E-state index in [0.717, 1.165) is 16.6 Å². The molecule has 0 bridgehead atoms. The second-order valence-electron chi connectivity index (χ2n) is 14.0. The molecule has 0 amide bonds. The molecule has 0 unspecified atom stereocenters. The monoisotopic (exact) mass is 610 g/mol. The lowest BCUT2D eigenvalue weighted by Crippen LogP contribution is -2.14. The zero-order valence-electron chi connectivity index (χ0n) is 26.8. The Hall–Kier alpha value is -5.92. The van der Waals surface area contributed by atoms with Crippen molar-refractivity contribution in [1.29, 1.82) is 0 Å². The van der Waals surface area contributed by atoms with Crippen LogP contribution in [0.1, 0.15) is 25.0 Å². The van der Waals surface area contributed by atoms with Gasteiger partial charge in [-0.15, -0.1) is 0 Å². The van der Waals surface area contributed by atoms with Crippen LogP contribution < -0.4 is 0 Å². The van der Waals surface area contributed by atoms with Crippen molar-refractivity contribution in [2.75, 3.05) is 0 Å². The largest absolute Gasteiger partial charge is 0.456 e. The van der Waals surface area contributed by atoms with E-state index in [-0.39, 0.29) is 5.41 Å². The summed E-state index contributed by atoms with van der Waals surface area (Å²) in [6, 6.07) is 53.8. The first-order valence-corrected chi connectivity index (χ1v) is 16.9. The molecule has 1 aliphatic rings. The summed E-state index contributed by atoms with van der Waals surface area (Å²) in [4.78, 5) is 0. The molecule has 1 aromatic heterocycles. The van der Waals surface area contributed by atoms with Crippen molar-refractivity contribution in [1.82, 2.24) is 0 Å². The molecular weight excluding hydrogens is 581 g/mol. The minimum absolute atomic E-state index is 0.0374. The highest BCUT2D eigenvalue weighted by Gasteiger charge is 2.34. The normalized spacial score (nSPS) is 13.8. The molecule has 1 heteroatoms. The minimum Gasteiger partial charge on any atom is -0.456 e. The molecule has 0 radical (unpaired) electrons. The fraction of sp³-hybridized carbons (Fsp3) is 0.0638. The Labute approximate surface area is 277 Å². The van der Waals surface area contributed by atoms with Crippen LogP contribution in [0.2, 0.25) is 0 Å². The van der Waals surface area contributed by atoms with Gasteiger partial charge in [-0.05, 0) is 105 Å². The van der Waals surface area contributed by atoms with Gasteiger partial charge in [-0.25, -0.2) is 0 Å². The Bertz CT molecular complexity index is 2970. The highest BCUT2D eigenvalue weighted by molar-refractivity contribution is 6.30. The summed E-state index contributed by atoms with van der Waals surface area (Å²) < 4.78 is 6.56. The van der Waals surface area contributed by atoms with Crippen LogP contribution in [-0.4, -0.2) is 0 Å². The first-order chi connectivity index (χ1) is 23.6. The fourth-order valence-corrected chi connectivity index (χ4v) is 9.15. The second kappa shape index (κ2) is 9.12. The molecular formula is C47H30O. The van der Waals surface area contributed by atoms with Crippen LogP contribution in [0.25, 0.3) is 98.1 Å². The quantitative estimate of drug-likeness (QED) is 0.140. The Morgan fingerprint density at radius 3 is 1.54 bits per heavy atom. The van der Waals surface area contributed by atoms with Crippen LogP contribution in [0.15, 0.2) is 150 Å². The van der Waals surface area contributed by atoms with E-state index in [4.69, 9.17) is 4.42 Å². The Morgan fingerprint density at radius 1 is 0.375 bits per heavy atom. The van der Waals surface area contributed by atoms with Crippen LogP contribution in [0, 0.1) is 0 Å². The molecule has 0 saturated carbocycles. The second-order valence-corrected chi connectivity index (χ2v) is 14.0. The third-order valence-corrected chi connectivity index (χ3v) is 11.2. The zero-order valence-corrected chi connectivity index (χ0v) is 26.8. The minimum atomic E-state index is -0.0374. The lowest BCUT2D eigenvalue weighted by molar-refractivity contribution is 0.663. The average Bonchev–Trinajstić information content (AvgIpc) is 3.62. The summed E-state index contributed by atoms with van der Waals surface area (Å²) in [6.45, 7) is 4.75. The van der Waals surface area contributed by atoms with Crippen molar-refractivity contribution in [2.24, 2.45) is 0 Å². The van der Waals surface area contributed by atoms with Gasteiger partial charge < -0.3 is 4.42 Å². The van der Waals surface area contributed by atoms with Gasteiger partial charge >= 0.3 is 0 Å². The maximum absolute atomic E-state index is 6.56. The van der Waals surface area contributed by atoms with Crippen molar-refractivity contribution in [3.05, 3.63) is 157 Å². The van der Waals surface area contributed by atoms with Gasteiger partial charge in [-0.2, -0.15) is 0 Å². The summed E-state index contributed by atoms with van der Waals surface area (Å²) in [5.41, 5.74) is 9.70. The van der Waals surface area contributed by atoms with E-state index >= 15 is 0 Å². The Kier molecular flexibility index (Phi) is 4.97. The number of fused-ring (bicyclic) bond motifs is 7. The Balaban J connectivity index is 1.32. The van der Waals surface area contributed by atoms with E-state index < -0.39 is 0 Å². The molecule has 48 heavy (non-hydrogen) atoms. The van der Waals surface area contributed by atoms with E-state index in [2.05, 4.69) is 159 Å². The SMILES string of the molecule is CC1(C)c2cccc3cc(-c4c5ccccc5c(-c5cc6oc7ccccc7c6c6ccccc56)c5ccccc45)c4cccc1c4c23. The molecule has 0 fully saturated rings. The van der Waals surface area contributed by atoms with Crippen LogP contribution in [0.5, 0.6) is 0 Å². The van der Waals surface area contributed by atoms with Crippen molar-refractivity contribution in [2.45, 2.75) is 19.3 Å². The van der Waals surface area contributed by atoms with E-state index in [1.54, 1.807) is 0 Å². The van der Waals surface area contributed by atoms with Crippen molar-refractivity contribution >= 4 is 75.8 Å². The summed E-state index contributed by atoms with van der Waals surface area (Å²) in [5, 5.41) is 15.3. The van der Waals surface area contributed by atoms with Crippen LogP contribution >= 0.6 is 0 Å². The summed E-state index contributed by atoms with van der Waals surface area (Å²) in [6.07, 6.45) is 0. The van der Waals surface area contributed by atoms with Gasteiger partial charge in [0.05, 0.1) is 0 Å². The van der Waals surface area contributed by atoms with Gasteiger partial charge in [0.1, 0.15) is 11.2 Å². The molecule has 9 aromatic carbocycles. The van der Waals surface area contributed by atoms with Gasteiger partial charge in [0.2, 0.25) is 0 Å². The molecule has 0 N–H and O–H groups in total. The smallest absolute Gasteiger partial charge is 0.136 e. The number of rotatable bonds is 2. The molecule has 10 aromatic rings. The van der Waals surface area contributed by atoms with Gasteiger partial charge in [0.15, 0.2) is 0 Å². The van der Waals surface area contributed by atoms with E-state index in [1.807, 2.05) is 0 Å². The molecule has 1 aliphatic carbocycles. The third kappa shape index (κ3) is 3.21. The van der Waals surface area contributed by atoms with Gasteiger partial charge in [-0.3, -0.25) is 0 Å². The van der Waals surface area contributed by atoms with Crippen molar-refractivity contribution in [3.8, 4) is 22.3 Å². The van der Waals surface area contributed by atoms with E-state index in [1.165, 1.54) is 92.6 Å². The molecule has 0 saturated heterocycles. The lowest BCUT2D eigenvalue weighted by atomic mass is 9.81. The fourth-order valence-electron chi connectivity index (χ4n) is 9.15. The summed E-state index contributed by atoms with van der Waals surface area (Å²) >= 11 is 0. The number of para-hydroxylation sites is 1. The van der Waals surface area contributed by atoms with Crippen molar-refractivity contribution < 1.29 is 4.42 Å². The number of hydrogen-bond donors (Lipinski definition) is 0. The number of hydrogen-bond acceptors (Lipinski definition) is 1. The third-order valence-electron chi connectivity index (χ3n) is 11.2. The molecule has 1 heterocycles. The van der Waals surface area contributed by atoms with E-state index in [0.29, 0.717) is 0 Å². The predicted molar refractivity (Wildman–Crippen MR) is 204 cm³/mol. The molecule has 0 spiro atoms. The predicted octanol–water partition coefficient (Wildman–Crippen LogP) is 13.3. The first-order valence-electron chi connectivity index (χ1n) is 16.9. The van der Waals surface area contributed by atoms with Crippen molar-refractivity contribution in [3.63, 3.8) is 0 Å². The Morgan fingerprint density at radius 2 is 0.875 bits per heavy atom. The number of furan rings is 1. The topological polar surface area (TPSA) is 13.1 Å². The molecule has 1 nitrogen and oxygen atoms in total. The highest BCUT2D eigenvalue weighted by Crippen LogP contribution is 2.53. The summed E-state index contributed by atoms with van der Waals surface area (Å²) in [7, 11) is 0. The highest BCUT2D eigenvalue weighted by atomic mass is 16.3. The van der Waals surface area contributed by atoms with Crippen LogP contribution in [0.4, 0.5) is 0 Å². The van der Waals surface area contributed by atoms with E-state index in [9.17, 15) is 0 Å². The maximum Gasteiger partial charge on any atom is 0.136 e. The maximum atomic E-state index is 6.56. The molecule has 224 valence electrons. The van der Waals surface area contributed by atoms with Crippen LogP contribution in [0.3, 0.4) is 0 Å². The van der Waals surface area contributed by atoms with Gasteiger partial charge in [0.25, 0.3) is 0 Å². The zero-order chi connectivity index (χ0) is 31.7. The first kappa shape index (κ1) is 26.2. The van der Waals surface area contributed by atoms with Crippen LogP contribution in [-0.2, 0) is 5.41 Å². The molecule has 0 aliphatic heterocycles. The average molecular weight is 611 g/mol. The summed E-state index contributed by atoms with van der Waals surface area (Å²) in [5.74, 6) is 0. The van der Waals surface area contributed by atoms with Gasteiger partial charge in [-0.1, -0.05) is 141 Å². The van der Waals surface area contributed by atoms with Gasteiger partial charge in [0, 0.05) is 16.2 Å². The number of benzene rings is 9. The molecule has 0 atom stereocenters. The standard InChI is InChI=1S/C47H30O/c1-47(2)38-22-11-13-27-25-36(34-21-12-23-39(47)46(34)42(27)38)43-30-16-5-7-18-32(30)44(33-19-8-6-17-31(33)43)37-26-41-45(29-15-4-3-14-28(29)37)35-20-9-10-24-40(35)48-41/h3-26H,1-2H3. The molecule has 11 rings (SSSR count).